The van der Waals surface area contributed by atoms with E-state index in [1.807, 2.05) is 0 Å². The highest BCUT2D eigenvalue weighted by atomic mass is 14.6. The Labute approximate surface area is 88.5 Å². The van der Waals surface area contributed by atoms with E-state index in [1.165, 1.54) is 24.7 Å². The number of fused-ring (bicyclic) bond motifs is 5. The molecule has 0 aromatic rings. The Kier molecular flexibility index (Phi) is 2.15. The van der Waals surface area contributed by atoms with Crippen molar-refractivity contribution in [2.75, 3.05) is 0 Å². The first-order valence-corrected chi connectivity index (χ1v) is 6.79. The van der Waals surface area contributed by atoms with Gasteiger partial charge in [0.25, 0.3) is 0 Å². The van der Waals surface area contributed by atoms with Crippen molar-refractivity contribution in [3.8, 4) is 0 Å². The Morgan fingerprint density at radius 1 is 0.929 bits per heavy atom. The highest BCUT2D eigenvalue weighted by Gasteiger charge is 2.54. The average molecular weight is 192 g/mol. The molecular weight excluding hydrogens is 168 g/mol. The Hall–Kier alpha value is 0. The Morgan fingerprint density at radius 2 is 1.71 bits per heavy atom. The predicted octanol–water partition coefficient (Wildman–Crippen LogP) is 4.10. The lowest BCUT2D eigenvalue weighted by Gasteiger charge is -2.31. The summed E-state index contributed by atoms with van der Waals surface area (Å²) < 4.78 is 0. The molecule has 14 heavy (non-hydrogen) atoms. The molecule has 2 bridgehead atoms. The fourth-order valence-electron chi connectivity index (χ4n) is 5.19. The molecule has 80 valence electrons. The van der Waals surface area contributed by atoms with Gasteiger partial charge in [-0.15, -0.1) is 0 Å². The van der Waals surface area contributed by atoms with Gasteiger partial charge in [-0.2, -0.15) is 0 Å². The normalized spacial score (nSPS) is 55.3. The lowest BCUT2D eigenvalue weighted by atomic mass is 9.74. The molecule has 6 unspecified atom stereocenters. The van der Waals surface area contributed by atoms with Crippen molar-refractivity contribution in [3.05, 3.63) is 0 Å². The van der Waals surface area contributed by atoms with Crippen LogP contribution in [0, 0.1) is 35.5 Å². The van der Waals surface area contributed by atoms with Crippen molar-refractivity contribution >= 4 is 0 Å². The molecule has 0 spiro atoms. The summed E-state index contributed by atoms with van der Waals surface area (Å²) in [4.78, 5) is 0. The molecule has 3 fully saturated rings. The largest absolute Gasteiger partial charge is 0.0654 e. The molecule has 0 heteroatoms. The van der Waals surface area contributed by atoms with Gasteiger partial charge in [0, 0.05) is 0 Å². The fourth-order valence-corrected chi connectivity index (χ4v) is 5.19. The molecule has 3 aliphatic carbocycles. The third kappa shape index (κ3) is 1.19. The van der Waals surface area contributed by atoms with Crippen LogP contribution in [0.2, 0.25) is 0 Å². The minimum absolute atomic E-state index is 1.05. The molecule has 0 N–H and O–H groups in total. The van der Waals surface area contributed by atoms with Gasteiger partial charge >= 0.3 is 0 Å². The van der Waals surface area contributed by atoms with Gasteiger partial charge in [0.05, 0.1) is 0 Å². The molecule has 0 aromatic heterocycles. The molecular formula is C14H24. The highest BCUT2D eigenvalue weighted by Crippen LogP contribution is 2.62. The van der Waals surface area contributed by atoms with Crippen LogP contribution in [0.5, 0.6) is 0 Å². The van der Waals surface area contributed by atoms with Crippen LogP contribution in [0.4, 0.5) is 0 Å². The first-order valence-electron chi connectivity index (χ1n) is 6.79. The molecule has 3 rings (SSSR count). The summed E-state index contributed by atoms with van der Waals surface area (Å²) in [5.41, 5.74) is 0. The van der Waals surface area contributed by atoms with Crippen LogP contribution in [-0.2, 0) is 0 Å². The second-order valence-corrected chi connectivity index (χ2v) is 6.35. The third-order valence-electron chi connectivity index (χ3n) is 5.50. The Bertz CT molecular complexity index is 220. The topological polar surface area (TPSA) is 0 Å². The number of hydrogen-bond acceptors (Lipinski definition) is 0. The molecule has 6 atom stereocenters. The monoisotopic (exact) mass is 192 g/mol. The summed E-state index contributed by atoms with van der Waals surface area (Å²) in [5, 5.41) is 0. The van der Waals surface area contributed by atoms with E-state index in [1.54, 1.807) is 25.7 Å². The second-order valence-electron chi connectivity index (χ2n) is 6.35. The van der Waals surface area contributed by atoms with Gasteiger partial charge in [0.2, 0.25) is 0 Å². The molecule has 0 aliphatic heterocycles. The van der Waals surface area contributed by atoms with E-state index in [4.69, 9.17) is 0 Å². The van der Waals surface area contributed by atoms with E-state index in [0.29, 0.717) is 0 Å². The van der Waals surface area contributed by atoms with Gasteiger partial charge < -0.3 is 0 Å². The molecule has 0 amide bonds. The zero-order valence-electron chi connectivity index (χ0n) is 9.71. The van der Waals surface area contributed by atoms with Crippen molar-refractivity contribution in [2.45, 2.75) is 52.4 Å². The lowest BCUT2D eigenvalue weighted by Crippen LogP contribution is -2.24. The van der Waals surface area contributed by atoms with E-state index in [2.05, 4.69) is 13.8 Å². The maximum absolute atomic E-state index is 2.48. The van der Waals surface area contributed by atoms with Crippen molar-refractivity contribution < 1.29 is 0 Å². The van der Waals surface area contributed by atoms with Crippen LogP contribution in [0.25, 0.3) is 0 Å². The third-order valence-corrected chi connectivity index (χ3v) is 5.50. The zero-order chi connectivity index (χ0) is 9.71. The minimum atomic E-state index is 1.05. The highest BCUT2D eigenvalue weighted by molar-refractivity contribution is 5.03. The fraction of sp³-hybridized carbons (Fsp3) is 1.00. The van der Waals surface area contributed by atoms with Gasteiger partial charge in [-0.25, -0.2) is 0 Å². The SMILES string of the molecule is CCCC1CC2CC1C1CC(C)CC21. The minimum Gasteiger partial charge on any atom is -0.0654 e. The summed E-state index contributed by atoms with van der Waals surface area (Å²) in [6.07, 6.45) is 9.31. The summed E-state index contributed by atoms with van der Waals surface area (Å²) in [6.45, 7) is 4.84. The lowest BCUT2D eigenvalue weighted by molar-refractivity contribution is 0.180. The van der Waals surface area contributed by atoms with Gasteiger partial charge in [-0.1, -0.05) is 26.7 Å². The van der Waals surface area contributed by atoms with Gasteiger partial charge in [0.15, 0.2) is 0 Å². The molecule has 3 aliphatic rings. The average Bonchev–Trinajstić information content (AvgIpc) is 2.74. The van der Waals surface area contributed by atoms with Crippen molar-refractivity contribution in [3.63, 3.8) is 0 Å². The molecule has 0 heterocycles. The van der Waals surface area contributed by atoms with Gasteiger partial charge in [-0.05, 0) is 61.2 Å². The number of hydrogen-bond donors (Lipinski definition) is 0. The molecule has 0 nitrogen and oxygen atoms in total. The standard InChI is InChI=1S/C14H24/c1-3-4-10-7-11-8-13(10)14-6-9(2)5-12(11)14/h9-14H,3-8H2,1-2H3. The maximum Gasteiger partial charge on any atom is -0.0349 e. The van der Waals surface area contributed by atoms with Crippen LogP contribution in [0.1, 0.15) is 52.4 Å². The van der Waals surface area contributed by atoms with E-state index in [0.717, 1.165) is 23.7 Å². The van der Waals surface area contributed by atoms with Crippen molar-refractivity contribution in [1.82, 2.24) is 0 Å². The molecule has 0 radical (unpaired) electrons. The molecule has 3 saturated carbocycles. The zero-order valence-corrected chi connectivity index (χ0v) is 9.71. The van der Waals surface area contributed by atoms with E-state index < -0.39 is 0 Å². The quantitative estimate of drug-likeness (QED) is 0.618. The van der Waals surface area contributed by atoms with E-state index >= 15 is 0 Å². The first kappa shape index (κ1) is 9.24. The van der Waals surface area contributed by atoms with Crippen LogP contribution in [0.15, 0.2) is 0 Å². The molecule has 0 saturated heterocycles. The van der Waals surface area contributed by atoms with Gasteiger partial charge in [0.1, 0.15) is 0 Å². The smallest absolute Gasteiger partial charge is 0.0349 e. The Morgan fingerprint density at radius 3 is 2.50 bits per heavy atom. The predicted molar refractivity (Wildman–Crippen MR) is 60.0 cm³/mol. The van der Waals surface area contributed by atoms with Crippen LogP contribution >= 0.6 is 0 Å². The van der Waals surface area contributed by atoms with E-state index in [9.17, 15) is 0 Å². The summed E-state index contributed by atoms with van der Waals surface area (Å²) >= 11 is 0. The summed E-state index contributed by atoms with van der Waals surface area (Å²) in [7, 11) is 0. The first-order chi connectivity index (χ1) is 6.79. The summed E-state index contributed by atoms with van der Waals surface area (Å²) in [5.74, 6) is 6.84. The Balaban J connectivity index is 1.73. The van der Waals surface area contributed by atoms with Gasteiger partial charge in [-0.3, -0.25) is 0 Å². The van der Waals surface area contributed by atoms with Crippen LogP contribution < -0.4 is 0 Å². The van der Waals surface area contributed by atoms with Crippen molar-refractivity contribution in [2.24, 2.45) is 35.5 Å². The number of rotatable bonds is 2. The molecule has 0 aromatic carbocycles. The second kappa shape index (κ2) is 3.25. The van der Waals surface area contributed by atoms with Crippen LogP contribution in [-0.4, -0.2) is 0 Å². The van der Waals surface area contributed by atoms with Crippen LogP contribution in [0.3, 0.4) is 0 Å². The summed E-state index contributed by atoms with van der Waals surface area (Å²) in [6, 6.07) is 0. The van der Waals surface area contributed by atoms with E-state index in [-0.39, 0.29) is 0 Å². The maximum atomic E-state index is 2.48. The van der Waals surface area contributed by atoms with Crippen molar-refractivity contribution in [1.29, 1.82) is 0 Å².